The number of carbonyl (C=O) groups is 2. The number of rotatable bonds is 8. The molecule has 0 aromatic heterocycles. The lowest BCUT2D eigenvalue weighted by Gasteiger charge is -2.30. The van der Waals surface area contributed by atoms with E-state index in [0.29, 0.717) is 13.2 Å². The Morgan fingerprint density at radius 3 is 2.26 bits per heavy atom. The van der Waals surface area contributed by atoms with Crippen LogP contribution < -0.4 is 5.32 Å². The maximum absolute atomic E-state index is 12.2. The molecule has 0 aliphatic heterocycles. The highest BCUT2D eigenvalue weighted by Gasteiger charge is 2.27. The average Bonchev–Trinajstić information content (AvgIpc) is 2.35. The molecule has 2 N–H and O–H groups in total. The normalized spacial score (nSPS) is 14.0. The Balaban J connectivity index is 4.74. The summed E-state index contributed by atoms with van der Waals surface area (Å²) in [4.78, 5) is 24.9. The molecule has 6 heteroatoms. The van der Waals surface area contributed by atoms with Gasteiger partial charge in [0.25, 0.3) is 0 Å². The lowest BCUT2D eigenvalue weighted by molar-refractivity contribution is -0.140. The van der Waals surface area contributed by atoms with E-state index in [1.54, 1.807) is 25.9 Å². The summed E-state index contributed by atoms with van der Waals surface area (Å²) in [6, 6.07) is -1.19. The maximum Gasteiger partial charge on any atom is 0.326 e. The Morgan fingerprint density at radius 2 is 1.89 bits per heavy atom. The van der Waals surface area contributed by atoms with Gasteiger partial charge in [0.1, 0.15) is 6.04 Å². The molecule has 2 amide bonds. The van der Waals surface area contributed by atoms with Crippen molar-refractivity contribution < 1.29 is 19.4 Å². The highest BCUT2D eigenvalue weighted by molar-refractivity contribution is 5.82. The molecule has 6 nitrogen and oxygen atoms in total. The maximum atomic E-state index is 12.2. The van der Waals surface area contributed by atoms with Gasteiger partial charge in [-0.15, -0.1) is 0 Å². The van der Waals surface area contributed by atoms with E-state index in [2.05, 4.69) is 5.32 Å². The SMILES string of the molecule is CCC(C)N(CCOC)C(=O)N[C@H](C(=O)O)C(C)C. The van der Waals surface area contributed by atoms with Crippen molar-refractivity contribution in [2.75, 3.05) is 20.3 Å². The molecule has 0 spiro atoms. The lowest BCUT2D eigenvalue weighted by atomic mass is 10.1. The van der Waals surface area contributed by atoms with E-state index >= 15 is 0 Å². The van der Waals surface area contributed by atoms with Gasteiger partial charge in [0, 0.05) is 19.7 Å². The summed E-state index contributed by atoms with van der Waals surface area (Å²) in [5, 5.41) is 11.7. The summed E-state index contributed by atoms with van der Waals surface area (Å²) in [7, 11) is 1.57. The van der Waals surface area contributed by atoms with Crippen molar-refractivity contribution in [2.45, 2.75) is 46.2 Å². The molecule has 0 aliphatic rings. The summed E-state index contributed by atoms with van der Waals surface area (Å²) in [6.45, 7) is 8.32. The minimum absolute atomic E-state index is 0.0387. The van der Waals surface area contributed by atoms with Gasteiger partial charge in [-0.1, -0.05) is 20.8 Å². The Kier molecular flexibility index (Phi) is 8.14. The molecule has 0 aromatic rings. The van der Waals surface area contributed by atoms with Gasteiger partial charge in [0.15, 0.2) is 0 Å². The molecule has 0 rings (SSSR count). The number of urea groups is 1. The lowest BCUT2D eigenvalue weighted by Crippen LogP contribution is -2.53. The van der Waals surface area contributed by atoms with Crippen LogP contribution in [0.5, 0.6) is 0 Å². The van der Waals surface area contributed by atoms with Gasteiger partial charge >= 0.3 is 12.0 Å². The molecule has 0 aliphatic carbocycles. The third kappa shape index (κ3) is 5.92. The second-order valence-electron chi connectivity index (χ2n) is 4.95. The van der Waals surface area contributed by atoms with Crippen LogP contribution >= 0.6 is 0 Å². The molecular formula is C13H26N2O4. The van der Waals surface area contributed by atoms with E-state index in [4.69, 9.17) is 9.84 Å². The number of amides is 2. The second kappa shape index (κ2) is 8.74. The number of nitrogens with zero attached hydrogens (tertiary/aromatic N) is 1. The first-order valence-corrected chi connectivity index (χ1v) is 6.63. The zero-order chi connectivity index (χ0) is 15.0. The molecular weight excluding hydrogens is 248 g/mol. The highest BCUT2D eigenvalue weighted by Crippen LogP contribution is 2.07. The molecule has 0 saturated heterocycles. The van der Waals surface area contributed by atoms with E-state index in [9.17, 15) is 9.59 Å². The number of hydrogen-bond acceptors (Lipinski definition) is 3. The van der Waals surface area contributed by atoms with Gasteiger partial charge in [-0.05, 0) is 19.3 Å². The quantitative estimate of drug-likeness (QED) is 0.704. The van der Waals surface area contributed by atoms with Crippen molar-refractivity contribution in [3.63, 3.8) is 0 Å². The van der Waals surface area contributed by atoms with E-state index in [1.165, 1.54) is 0 Å². The van der Waals surface area contributed by atoms with Crippen molar-refractivity contribution in [2.24, 2.45) is 5.92 Å². The number of hydrogen-bond donors (Lipinski definition) is 2. The zero-order valence-corrected chi connectivity index (χ0v) is 12.5. The van der Waals surface area contributed by atoms with E-state index < -0.39 is 12.0 Å². The minimum Gasteiger partial charge on any atom is -0.480 e. The van der Waals surface area contributed by atoms with Crippen LogP contribution in [0, 0.1) is 5.92 Å². The zero-order valence-electron chi connectivity index (χ0n) is 12.5. The first-order chi connectivity index (χ1) is 8.84. The number of methoxy groups -OCH3 is 1. The molecule has 112 valence electrons. The molecule has 0 radical (unpaired) electrons. The second-order valence-corrected chi connectivity index (χ2v) is 4.95. The number of carboxylic acids is 1. The standard InChI is InChI=1S/C13H26N2O4/c1-6-10(4)15(7-8-19-5)13(18)14-11(9(2)3)12(16)17/h9-11H,6-8H2,1-5H3,(H,14,18)(H,16,17)/t10?,11-/m0/s1. The van der Waals surface area contributed by atoms with Crippen LogP contribution in [0.15, 0.2) is 0 Å². The summed E-state index contributed by atoms with van der Waals surface area (Å²) >= 11 is 0. The number of nitrogens with one attached hydrogen (secondary N) is 1. The molecule has 0 saturated carbocycles. The largest absolute Gasteiger partial charge is 0.480 e. The van der Waals surface area contributed by atoms with E-state index in [0.717, 1.165) is 6.42 Å². The summed E-state index contributed by atoms with van der Waals surface area (Å²) < 4.78 is 4.98. The van der Waals surface area contributed by atoms with Crippen molar-refractivity contribution in [3.8, 4) is 0 Å². The summed E-state index contributed by atoms with van der Waals surface area (Å²) in [5.74, 6) is -1.18. The van der Waals surface area contributed by atoms with Gasteiger partial charge in [0.2, 0.25) is 0 Å². The summed E-state index contributed by atoms with van der Waals surface area (Å²) in [5.41, 5.74) is 0. The number of ether oxygens (including phenoxy) is 1. The van der Waals surface area contributed by atoms with Crippen molar-refractivity contribution in [1.29, 1.82) is 0 Å². The summed E-state index contributed by atoms with van der Waals surface area (Å²) in [6.07, 6.45) is 0.802. The topological polar surface area (TPSA) is 78.9 Å². The van der Waals surface area contributed by atoms with Crippen molar-refractivity contribution in [3.05, 3.63) is 0 Å². The van der Waals surface area contributed by atoms with Gasteiger partial charge in [-0.3, -0.25) is 0 Å². The fraction of sp³-hybridized carbons (Fsp3) is 0.846. The monoisotopic (exact) mass is 274 g/mol. The molecule has 0 fully saturated rings. The predicted molar refractivity (Wildman–Crippen MR) is 73.1 cm³/mol. The Hall–Kier alpha value is -1.30. The van der Waals surface area contributed by atoms with Crippen LogP contribution in [0.4, 0.5) is 4.79 Å². The fourth-order valence-corrected chi connectivity index (χ4v) is 1.66. The highest BCUT2D eigenvalue weighted by atomic mass is 16.5. The van der Waals surface area contributed by atoms with Gasteiger partial charge in [0.05, 0.1) is 6.61 Å². The van der Waals surface area contributed by atoms with Crippen LogP contribution in [-0.4, -0.2) is 54.4 Å². The molecule has 2 atom stereocenters. The molecule has 0 heterocycles. The average molecular weight is 274 g/mol. The molecule has 0 aromatic carbocycles. The first kappa shape index (κ1) is 17.7. The van der Waals surface area contributed by atoms with Gasteiger partial charge in [-0.2, -0.15) is 0 Å². The van der Waals surface area contributed by atoms with Crippen LogP contribution in [0.2, 0.25) is 0 Å². The van der Waals surface area contributed by atoms with Crippen molar-refractivity contribution in [1.82, 2.24) is 10.2 Å². The number of aliphatic carboxylic acids is 1. The fourth-order valence-electron chi connectivity index (χ4n) is 1.66. The number of carbonyl (C=O) groups excluding carboxylic acids is 1. The van der Waals surface area contributed by atoms with Gasteiger partial charge in [-0.25, -0.2) is 9.59 Å². The van der Waals surface area contributed by atoms with Crippen molar-refractivity contribution >= 4 is 12.0 Å². The molecule has 19 heavy (non-hydrogen) atoms. The molecule has 0 bridgehead atoms. The minimum atomic E-state index is -1.01. The smallest absolute Gasteiger partial charge is 0.326 e. The molecule has 1 unspecified atom stereocenters. The Bertz CT molecular complexity index is 294. The number of carboxylic acid groups (broad SMARTS) is 1. The van der Waals surface area contributed by atoms with E-state index in [-0.39, 0.29) is 18.0 Å². The third-order valence-electron chi connectivity index (χ3n) is 3.13. The first-order valence-electron chi connectivity index (χ1n) is 6.63. The van der Waals surface area contributed by atoms with Crippen LogP contribution in [0.1, 0.15) is 34.1 Å². The Morgan fingerprint density at radius 1 is 1.32 bits per heavy atom. The van der Waals surface area contributed by atoms with Crippen LogP contribution in [0.25, 0.3) is 0 Å². The third-order valence-corrected chi connectivity index (χ3v) is 3.13. The van der Waals surface area contributed by atoms with Gasteiger partial charge < -0.3 is 20.1 Å². The Labute approximate surface area is 115 Å². The van der Waals surface area contributed by atoms with E-state index in [1.807, 2.05) is 13.8 Å². The van der Waals surface area contributed by atoms with Crippen LogP contribution in [0.3, 0.4) is 0 Å². The van der Waals surface area contributed by atoms with Crippen LogP contribution in [-0.2, 0) is 9.53 Å². The predicted octanol–water partition coefficient (Wildman–Crippen LogP) is 1.55.